The van der Waals surface area contributed by atoms with E-state index < -0.39 is 0 Å². The van der Waals surface area contributed by atoms with Gasteiger partial charge in [-0.25, -0.2) is 4.99 Å². The van der Waals surface area contributed by atoms with Crippen molar-refractivity contribution in [1.82, 2.24) is 15.2 Å². The molecule has 0 fully saturated rings. The van der Waals surface area contributed by atoms with Gasteiger partial charge in [-0.2, -0.15) is 0 Å². The number of amides is 1. The maximum absolute atomic E-state index is 12.1. The third-order valence-corrected chi connectivity index (χ3v) is 4.02. The van der Waals surface area contributed by atoms with Crippen LogP contribution >= 0.6 is 24.0 Å². The van der Waals surface area contributed by atoms with Gasteiger partial charge in [-0.15, -0.1) is 24.0 Å². The second-order valence-corrected chi connectivity index (χ2v) is 6.17. The number of guanidine groups is 1. The Bertz CT molecular complexity index is 892. The number of nitrogens with zero attached hydrogens (tertiary/aromatic N) is 2. The Morgan fingerprint density at radius 2 is 1.93 bits per heavy atom. The summed E-state index contributed by atoms with van der Waals surface area (Å²) in [7, 11) is 0. The van der Waals surface area contributed by atoms with Crippen LogP contribution in [0.1, 0.15) is 23.0 Å². The number of aliphatic imine (C=N–C) groups is 1. The van der Waals surface area contributed by atoms with Gasteiger partial charge in [0, 0.05) is 37.7 Å². The lowest BCUT2D eigenvalue weighted by molar-refractivity contribution is 0.0996. The van der Waals surface area contributed by atoms with Gasteiger partial charge in [-0.3, -0.25) is 4.79 Å². The molecule has 3 aromatic rings. The second kappa shape index (κ2) is 11.9. The van der Waals surface area contributed by atoms with Gasteiger partial charge in [0.2, 0.25) is 0 Å². The largest absolute Gasteiger partial charge is 0.459 e. The monoisotopic (exact) mass is 507 g/mol. The summed E-state index contributed by atoms with van der Waals surface area (Å²) in [5.74, 6) is 0.773. The van der Waals surface area contributed by atoms with Crippen molar-refractivity contribution < 1.29 is 9.21 Å². The van der Waals surface area contributed by atoms with Gasteiger partial charge in [-0.05, 0) is 48.9 Å². The molecule has 0 radical (unpaired) electrons. The molecule has 0 aliphatic carbocycles. The number of halogens is 1. The summed E-state index contributed by atoms with van der Waals surface area (Å²) in [6.07, 6.45) is 5.55. The van der Waals surface area contributed by atoms with Gasteiger partial charge < -0.3 is 24.9 Å². The molecule has 1 aromatic carbocycles. The number of hydrogen-bond acceptors (Lipinski definition) is 3. The Labute approximate surface area is 187 Å². The lowest BCUT2D eigenvalue weighted by atomic mass is 10.2. The number of benzene rings is 1. The highest BCUT2D eigenvalue weighted by Crippen LogP contribution is 2.13. The minimum Gasteiger partial charge on any atom is -0.459 e. The average Bonchev–Trinajstić information content (AvgIpc) is 3.40. The zero-order valence-corrected chi connectivity index (χ0v) is 18.6. The summed E-state index contributed by atoms with van der Waals surface area (Å²) in [5, 5.41) is 9.41. The van der Waals surface area contributed by atoms with Crippen LogP contribution < -0.4 is 16.0 Å². The van der Waals surface area contributed by atoms with E-state index >= 15 is 0 Å². The molecule has 2 aromatic heterocycles. The number of rotatable bonds is 8. The highest BCUT2D eigenvalue weighted by Gasteiger charge is 2.08. The predicted octanol–water partition coefficient (Wildman–Crippen LogP) is 3.71. The van der Waals surface area contributed by atoms with Crippen molar-refractivity contribution >= 4 is 41.5 Å². The van der Waals surface area contributed by atoms with Crippen molar-refractivity contribution in [3.63, 3.8) is 0 Å². The molecule has 1 amide bonds. The zero-order valence-electron chi connectivity index (χ0n) is 16.3. The van der Waals surface area contributed by atoms with Gasteiger partial charge in [0.15, 0.2) is 11.7 Å². The summed E-state index contributed by atoms with van der Waals surface area (Å²) in [6, 6.07) is 15.0. The van der Waals surface area contributed by atoms with E-state index in [-0.39, 0.29) is 35.6 Å². The van der Waals surface area contributed by atoms with Gasteiger partial charge >= 0.3 is 0 Å². The van der Waals surface area contributed by atoms with E-state index in [2.05, 4.69) is 25.5 Å². The average molecular weight is 507 g/mol. The molecular formula is C21H26IN5O2. The number of carbonyl (C=O) groups excluding carboxylic acids is 1. The van der Waals surface area contributed by atoms with Crippen LogP contribution in [0.3, 0.4) is 0 Å². The fourth-order valence-electron chi connectivity index (χ4n) is 2.68. The van der Waals surface area contributed by atoms with Gasteiger partial charge in [0.25, 0.3) is 5.91 Å². The van der Waals surface area contributed by atoms with Crippen LogP contribution in [-0.2, 0) is 13.1 Å². The van der Waals surface area contributed by atoms with Crippen LogP contribution in [0.25, 0.3) is 0 Å². The first-order valence-corrected chi connectivity index (χ1v) is 9.31. The van der Waals surface area contributed by atoms with E-state index in [1.165, 1.54) is 6.26 Å². The first kappa shape index (κ1) is 22.5. The number of furan rings is 1. The third-order valence-electron chi connectivity index (χ3n) is 4.02. The molecule has 29 heavy (non-hydrogen) atoms. The molecule has 154 valence electrons. The SMILES string of the molecule is CCNC(=NCc1cccc(NC(=O)c2ccco2)c1)NCCn1cccc1.I. The highest BCUT2D eigenvalue weighted by atomic mass is 127. The molecule has 7 nitrogen and oxygen atoms in total. The summed E-state index contributed by atoms with van der Waals surface area (Å²) < 4.78 is 7.23. The summed E-state index contributed by atoms with van der Waals surface area (Å²) in [4.78, 5) is 16.7. The molecule has 0 bridgehead atoms. The van der Waals surface area contributed by atoms with Crippen molar-refractivity contribution in [2.75, 3.05) is 18.4 Å². The van der Waals surface area contributed by atoms with Gasteiger partial charge in [-0.1, -0.05) is 12.1 Å². The Kier molecular flexibility index (Phi) is 9.29. The Hall–Kier alpha value is -2.75. The molecule has 0 unspecified atom stereocenters. The van der Waals surface area contributed by atoms with Crippen LogP contribution in [0.15, 0.2) is 76.6 Å². The van der Waals surface area contributed by atoms with E-state index in [1.807, 2.05) is 55.7 Å². The normalized spacial score (nSPS) is 10.9. The number of aromatic nitrogens is 1. The van der Waals surface area contributed by atoms with Crippen molar-refractivity contribution in [1.29, 1.82) is 0 Å². The highest BCUT2D eigenvalue weighted by molar-refractivity contribution is 14.0. The molecule has 8 heteroatoms. The Balaban J connectivity index is 0.00000300. The number of hydrogen-bond donors (Lipinski definition) is 3. The summed E-state index contributed by atoms with van der Waals surface area (Å²) >= 11 is 0. The third kappa shape index (κ3) is 7.30. The van der Waals surface area contributed by atoms with Crippen molar-refractivity contribution in [3.05, 3.63) is 78.5 Å². The van der Waals surface area contributed by atoms with E-state index in [0.29, 0.717) is 12.2 Å². The Morgan fingerprint density at radius 1 is 1.10 bits per heavy atom. The minimum absolute atomic E-state index is 0. The van der Waals surface area contributed by atoms with Gasteiger partial charge in [0.1, 0.15) is 0 Å². The molecule has 3 N–H and O–H groups in total. The van der Waals surface area contributed by atoms with E-state index in [9.17, 15) is 4.79 Å². The summed E-state index contributed by atoms with van der Waals surface area (Å²) in [5.41, 5.74) is 1.71. The maximum atomic E-state index is 12.1. The molecule has 0 aliphatic rings. The number of nitrogens with one attached hydrogen (secondary N) is 3. The molecule has 0 saturated heterocycles. The van der Waals surface area contributed by atoms with E-state index in [4.69, 9.17) is 4.42 Å². The van der Waals surface area contributed by atoms with Crippen LogP contribution in [0, 0.1) is 0 Å². The fraction of sp³-hybridized carbons (Fsp3) is 0.238. The van der Waals surface area contributed by atoms with Crippen LogP contribution in [0.2, 0.25) is 0 Å². The second-order valence-electron chi connectivity index (χ2n) is 6.17. The molecule has 2 heterocycles. The number of anilines is 1. The lowest BCUT2D eigenvalue weighted by Crippen LogP contribution is -2.38. The van der Waals surface area contributed by atoms with Crippen molar-refractivity contribution in [2.24, 2.45) is 4.99 Å². The Morgan fingerprint density at radius 3 is 2.66 bits per heavy atom. The first-order valence-electron chi connectivity index (χ1n) is 9.31. The van der Waals surface area contributed by atoms with Gasteiger partial charge in [0.05, 0.1) is 12.8 Å². The standard InChI is InChI=1S/C21H25N5O2.HI/c1-2-22-21(23-10-13-26-11-3-4-12-26)24-16-17-7-5-8-18(15-17)25-20(27)19-9-6-14-28-19;/h3-9,11-12,14-15H,2,10,13,16H2,1H3,(H,25,27)(H2,22,23,24);1H. The first-order chi connectivity index (χ1) is 13.7. The van der Waals surface area contributed by atoms with E-state index in [1.54, 1.807) is 12.1 Å². The topological polar surface area (TPSA) is 83.6 Å². The molecule has 0 atom stereocenters. The molecule has 0 aliphatic heterocycles. The number of carbonyl (C=O) groups is 1. The van der Waals surface area contributed by atoms with E-state index in [0.717, 1.165) is 31.2 Å². The van der Waals surface area contributed by atoms with Crippen molar-refractivity contribution in [2.45, 2.75) is 20.0 Å². The lowest BCUT2D eigenvalue weighted by Gasteiger charge is -2.12. The summed E-state index contributed by atoms with van der Waals surface area (Å²) in [6.45, 7) is 4.97. The molecule has 3 rings (SSSR count). The van der Waals surface area contributed by atoms with Crippen LogP contribution in [0.4, 0.5) is 5.69 Å². The quantitative estimate of drug-likeness (QED) is 0.247. The fourth-order valence-corrected chi connectivity index (χ4v) is 2.68. The predicted molar refractivity (Wildman–Crippen MR) is 126 cm³/mol. The molecule has 0 saturated carbocycles. The minimum atomic E-state index is -0.273. The molecule has 0 spiro atoms. The van der Waals surface area contributed by atoms with Crippen LogP contribution in [0.5, 0.6) is 0 Å². The maximum Gasteiger partial charge on any atom is 0.291 e. The van der Waals surface area contributed by atoms with Crippen molar-refractivity contribution in [3.8, 4) is 0 Å². The zero-order chi connectivity index (χ0) is 19.6. The van der Waals surface area contributed by atoms with Crippen LogP contribution in [-0.4, -0.2) is 29.5 Å². The molecular weight excluding hydrogens is 481 g/mol. The smallest absolute Gasteiger partial charge is 0.291 e.